The van der Waals surface area contributed by atoms with Gasteiger partial charge in [-0.1, -0.05) is 0 Å². The molecule has 1 fully saturated rings. The van der Waals surface area contributed by atoms with Crippen LogP contribution in [-0.4, -0.2) is 119 Å². The number of nitrogens with zero attached hydrogens (tertiary/aromatic N) is 2. The minimum Gasteiger partial charge on any atom is -0.394 e. The van der Waals surface area contributed by atoms with Gasteiger partial charge in [0.15, 0.2) is 18.7 Å². The average Bonchev–Trinajstić information content (AvgIpc) is 2.81. The lowest BCUT2D eigenvalue weighted by Gasteiger charge is -2.24. The Bertz CT molecular complexity index is 424. The smallest absolute Gasteiger partial charge is 0.328 e. The molecule has 3 unspecified atom stereocenters. The zero-order chi connectivity index (χ0) is 18.8. The highest BCUT2D eigenvalue weighted by Gasteiger charge is 2.48. The molecule has 1 aliphatic heterocycles. The summed E-state index contributed by atoms with van der Waals surface area (Å²) in [5, 5.41) is 46.5. The summed E-state index contributed by atoms with van der Waals surface area (Å²) in [6, 6.07) is -1.09. The summed E-state index contributed by atoms with van der Waals surface area (Å²) < 4.78 is 15.1. The minimum absolute atomic E-state index is 0.0420. The fraction of sp³-hybridized carbons (Fsp3) is 0.846. The first kappa shape index (κ1) is 21.7. The zero-order valence-electron chi connectivity index (χ0n) is 13.6. The van der Waals surface area contributed by atoms with Crippen LogP contribution in [-0.2, 0) is 19.0 Å². The largest absolute Gasteiger partial charge is 0.394 e. The van der Waals surface area contributed by atoms with Gasteiger partial charge in [-0.25, -0.2) is 4.79 Å². The Kier molecular flexibility index (Phi) is 9.77. The van der Waals surface area contributed by atoms with Gasteiger partial charge in [-0.05, 0) is 0 Å². The van der Waals surface area contributed by atoms with E-state index in [4.69, 9.17) is 24.4 Å². The van der Waals surface area contributed by atoms with Gasteiger partial charge in [0.05, 0.1) is 39.6 Å². The average molecular weight is 368 g/mol. The molecular formula is C13H24N2O10. The van der Waals surface area contributed by atoms with Crippen LogP contribution in [0.3, 0.4) is 0 Å². The van der Waals surface area contributed by atoms with Crippen LogP contribution >= 0.6 is 0 Å². The second-order valence-corrected chi connectivity index (χ2v) is 4.97. The van der Waals surface area contributed by atoms with Gasteiger partial charge in [-0.2, -0.15) is 0 Å². The van der Waals surface area contributed by atoms with Gasteiger partial charge >= 0.3 is 6.03 Å². The maximum atomic E-state index is 11.8. The molecule has 1 rings (SSSR count). The first-order chi connectivity index (χ1) is 12.0. The normalized spacial score (nSPS) is 21.9. The molecule has 0 radical (unpaired) electrons. The molecule has 1 heterocycles. The summed E-state index contributed by atoms with van der Waals surface area (Å²) in [6.45, 7) is -0.499. The van der Waals surface area contributed by atoms with Crippen LogP contribution in [0.5, 0.6) is 0 Å². The highest BCUT2D eigenvalue weighted by molar-refractivity contribution is 5.89. The summed E-state index contributed by atoms with van der Waals surface area (Å²) in [6.07, 6.45) is -5.65. The Hall–Kier alpha value is -1.38. The summed E-state index contributed by atoms with van der Waals surface area (Å²) in [5.41, 5.74) is 0. The number of aliphatic hydroxyl groups is 5. The number of rotatable bonds is 13. The summed E-state index contributed by atoms with van der Waals surface area (Å²) >= 11 is 0. The molecule has 0 aromatic heterocycles. The second kappa shape index (κ2) is 11.3. The van der Waals surface area contributed by atoms with Crippen LogP contribution in [0.2, 0.25) is 0 Å². The molecule has 2 amide bonds. The van der Waals surface area contributed by atoms with E-state index < -0.39 is 43.8 Å². The van der Waals surface area contributed by atoms with E-state index in [1.165, 1.54) is 0 Å². The first-order valence-corrected chi connectivity index (χ1v) is 7.56. The summed E-state index contributed by atoms with van der Waals surface area (Å²) in [5.74, 6) is -0.911. The van der Waals surface area contributed by atoms with Crippen LogP contribution in [0, 0.1) is 0 Å². The molecule has 146 valence electrons. The molecule has 1 saturated heterocycles. The summed E-state index contributed by atoms with van der Waals surface area (Å²) in [4.78, 5) is 24.4. The number of hydrogen-bond acceptors (Lipinski definition) is 10. The van der Waals surface area contributed by atoms with Gasteiger partial charge in [-0.3, -0.25) is 14.6 Å². The second-order valence-electron chi connectivity index (χ2n) is 4.97. The number of aliphatic hydroxyl groups excluding tert-OH is 5. The molecule has 0 aromatic rings. The number of carbonyl (C=O) groups is 2. The van der Waals surface area contributed by atoms with Gasteiger partial charge < -0.3 is 39.7 Å². The topological polar surface area (TPSA) is 169 Å². The molecule has 0 aromatic carbocycles. The van der Waals surface area contributed by atoms with Crippen molar-refractivity contribution < 1.29 is 49.3 Å². The number of hydrogen-bond donors (Lipinski definition) is 5. The van der Waals surface area contributed by atoms with Gasteiger partial charge in [0.25, 0.3) is 0 Å². The number of urea groups is 1. The molecule has 5 N–H and O–H groups in total. The lowest BCUT2D eigenvalue weighted by Crippen LogP contribution is -2.49. The van der Waals surface area contributed by atoms with Crippen molar-refractivity contribution in [2.24, 2.45) is 0 Å². The fourth-order valence-corrected chi connectivity index (χ4v) is 1.98. The van der Waals surface area contributed by atoms with Crippen LogP contribution in [0.4, 0.5) is 4.79 Å². The van der Waals surface area contributed by atoms with E-state index >= 15 is 0 Å². The van der Waals surface area contributed by atoms with Crippen molar-refractivity contribution in [1.29, 1.82) is 0 Å². The van der Waals surface area contributed by atoms with Gasteiger partial charge in [0, 0.05) is 0 Å². The van der Waals surface area contributed by atoms with Crippen LogP contribution in [0.1, 0.15) is 0 Å². The van der Waals surface area contributed by atoms with E-state index in [9.17, 15) is 24.9 Å². The van der Waals surface area contributed by atoms with Crippen molar-refractivity contribution in [2.45, 2.75) is 18.7 Å². The molecule has 12 heteroatoms. The van der Waals surface area contributed by atoms with E-state index in [1.807, 2.05) is 0 Å². The van der Waals surface area contributed by atoms with Crippen LogP contribution in [0.15, 0.2) is 0 Å². The third-order valence-electron chi connectivity index (χ3n) is 3.27. The number of carbonyl (C=O) groups excluding carboxylic acids is 2. The third kappa shape index (κ3) is 6.13. The number of amides is 2. The molecule has 1 aliphatic rings. The number of ketones is 1. The molecule has 12 nitrogen and oxygen atoms in total. The monoisotopic (exact) mass is 368 g/mol. The molecule has 3 atom stereocenters. The zero-order valence-corrected chi connectivity index (χ0v) is 13.6. The van der Waals surface area contributed by atoms with Crippen molar-refractivity contribution in [3.8, 4) is 0 Å². The minimum atomic E-state index is -2.03. The van der Waals surface area contributed by atoms with Crippen molar-refractivity contribution >= 4 is 11.8 Å². The maximum Gasteiger partial charge on any atom is 0.328 e. The van der Waals surface area contributed by atoms with E-state index in [1.54, 1.807) is 0 Å². The van der Waals surface area contributed by atoms with Gasteiger partial charge in [-0.15, -0.1) is 0 Å². The van der Waals surface area contributed by atoms with Crippen molar-refractivity contribution in [2.75, 3.05) is 53.0 Å². The molecule has 0 aliphatic carbocycles. The molecule has 0 spiro atoms. The Morgan fingerprint density at radius 1 is 1.00 bits per heavy atom. The molecule has 25 heavy (non-hydrogen) atoms. The Labute approximate surface area is 143 Å². The van der Waals surface area contributed by atoms with E-state index in [0.717, 1.165) is 0 Å². The fourth-order valence-electron chi connectivity index (χ4n) is 1.98. The Balaban J connectivity index is 2.25. The van der Waals surface area contributed by atoms with E-state index in [-0.39, 0.29) is 33.0 Å². The Morgan fingerprint density at radius 3 is 2.08 bits per heavy atom. The van der Waals surface area contributed by atoms with Gasteiger partial charge in [0.1, 0.15) is 13.3 Å². The highest BCUT2D eigenvalue weighted by Crippen LogP contribution is 2.21. The lowest BCUT2D eigenvalue weighted by atomic mass is 10.3. The maximum absolute atomic E-state index is 11.8. The third-order valence-corrected chi connectivity index (χ3v) is 3.27. The SMILES string of the molecule is O=C(COCCOCCOCCO)C(O)N1C(=O)N(CO)C(O)C1O. The predicted molar refractivity (Wildman–Crippen MR) is 78.7 cm³/mol. The van der Waals surface area contributed by atoms with Crippen LogP contribution < -0.4 is 0 Å². The Morgan fingerprint density at radius 2 is 1.56 bits per heavy atom. The molecule has 0 saturated carbocycles. The predicted octanol–water partition coefficient (Wildman–Crippen LogP) is -3.76. The first-order valence-electron chi connectivity index (χ1n) is 7.56. The quantitative estimate of drug-likeness (QED) is 0.203. The van der Waals surface area contributed by atoms with E-state index in [2.05, 4.69) is 0 Å². The van der Waals surface area contributed by atoms with Crippen molar-refractivity contribution in [3.63, 3.8) is 0 Å². The number of ether oxygens (including phenoxy) is 3. The summed E-state index contributed by atoms with van der Waals surface area (Å²) in [7, 11) is 0. The molecule has 0 bridgehead atoms. The standard InChI is InChI=1S/C13H24N2O10/c16-1-2-23-3-4-24-5-6-25-7-9(18)10(19)15-12(21)11(20)14(8-17)13(15)22/h10-12,16-17,19-21H,1-8H2. The van der Waals surface area contributed by atoms with Crippen LogP contribution in [0.25, 0.3) is 0 Å². The van der Waals surface area contributed by atoms with Gasteiger partial charge in [0.2, 0.25) is 5.78 Å². The number of Topliss-reactive ketones (excluding diaryl/α,β-unsaturated/α-hetero) is 1. The highest BCUT2D eigenvalue weighted by atomic mass is 16.5. The van der Waals surface area contributed by atoms with Crippen molar-refractivity contribution in [1.82, 2.24) is 9.80 Å². The van der Waals surface area contributed by atoms with E-state index in [0.29, 0.717) is 16.4 Å². The lowest BCUT2D eigenvalue weighted by molar-refractivity contribution is -0.152. The van der Waals surface area contributed by atoms with Crippen molar-refractivity contribution in [3.05, 3.63) is 0 Å². The molecular weight excluding hydrogens is 344 g/mol.